The molecule has 1 aliphatic heterocycles. The highest BCUT2D eigenvalue weighted by Gasteiger charge is 2.30. The van der Waals surface area contributed by atoms with Gasteiger partial charge < -0.3 is 19.9 Å². The maximum atomic E-state index is 13.6. The van der Waals surface area contributed by atoms with Gasteiger partial charge in [-0.15, -0.1) is 11.3 Å². The Morgan fingerprint density at radius 3 is 2.24 bits per heavy atom. The molecule has 0 atom stereocenters. The third-order valence-electron chi connectivity index (χ3n) is 6.83. The number of nitrogens with one attached hydrogen (secondary N) is 2. The Morgan fingerprint density at radius 1 is 0.951 bits per heavy atom. The number of ether oxygens (including phenoxy) is 1. The number of benzene rings is 2. The summed E-state index contributed by atoms with van der Waals surface area (Å²) in [7, 11) is 1.62. The van der Waals surface area contributed by atoms with Crippen molar-refractivity contribution in [3.8, 4) is 5.75 Å². The quantitative estimate of drug-likeness (QED) is 0.301. The van der Waals surface area contributed by atoms with Gasteiger partial charge in [0.2, 0.25) is 5.91 Å². The second-order valence-electron chi connectivity index (χ2n) is 10.8. The summed E-state index contributed by atoms with van der Waals surface area (Å²) in [6.45, 7) is 7.91. The lowest BCUT2D eigenvalue weighted by atomic mass is 9.94. The minimum atomic E-state index is -0.530. The fourth-order valence-electron chi connectivity index (χ4n) is 4.40. The molecule has 0 bridgehead atoms. The van der Waals surface area contributed by atoms with Crippen LogP contribution in [-0.4, -0.2) is 60.9 Å². The van der Waals surface area contributed by atoms with Crippen LogP contribution in [0.4, 0.5) is 15.5 Å². The van der Waals surface area contributed by atoms with Crippen LogP contribution in [0.3, 0.4) is 0 Å². The number of carbonyl (C=O) groups is 3. The van der Waals surface area contributed by atoms with Gasteiger partial charge in [0.15, 0.2) is 0 Å². The van der Waals surface area contributed by atoms with Gasteiger partial charge in [-0.1, -0.05) is 62.2 Å². The molecule has 0 saturated carbocycles. The lowest BCUT2D eigenvalue weighted by Crippen LogP contribution is -2.50. The highest BCUT2D eigenvalue weighted by molar-refractivity contribution is 7.16. The van der Waals surface area contributed by atoms with Gasteiger partial charge in [0.1, 0.15) is 10.8 Å². The zero-order valence-corrected chi connectivity index (χ0v) is 25.9. The Balaban J connectivity index is 1.39. The van der Waals surface area contributed by atoms with E-state index in [1.54, 1.807) is 30.2 Å². The van der Waals surface area contributed by atoms with E-state index in [1.165, 1.54) is 11.3 Å². The summed E-state index contributed by atoms with van der Waals surface area (Å²) in [5.41, 5.74) is 1.64. The lowest BCUT2D eigenvalue weighted by Gasteiger charge is -2.35. The maximum Gasteiger partial charge on any atom is 0.324 e. The van der Waals surface area contributed by atoms with E-state index in [2.05, 4.69) is 31.4 Å². The first-order valence-electron chi connectivity index (χ1n) is 13.3. The van der Waals surface area contributed by atoms with Crippen molar-refractivity contribution in [3.63, 3.8) is 0 Å². The van der Waals surface area contributed by atoms with E-state index in [4.69, 9.17) is 27.9 Å². The zero-order chi connectivity index (χ0) is 29.7. The molecule has 0 spiro atoms. The number of nitrogens with zero attached hydrogens (tertiary/aromatic N) is 2. The van der Waals surface area contributed by atoms with E-state index in [1.807, 2.05) is 35.2 Å². The van der Waals surface area contributed by atoms with Crippen molar-refractivity contribution >= 4 is 63.1 Å². The Labute approximate surface area is 254 Å². The Hall–Kier alpha value is -3.27. The minimum Gasteiger partial charge on any atom is -0.497 e. The number of methoxy groups -OCH3 is 1. The summed E-state index contributed by atoms with van der Waals surface area (Å²) >= 11 is 13.7. The standard InChI is InChI=1S/C30H34Cl2N4O4S/c1-30(2,3)24-18-21(27(41-24)34-29(39)33-23-7-5-6-22(31)26(23)32)28(38)36-16-14-35(15-17-36)25(37)13-10-19-8-11-20(40-4)12-9-19/h5-9,11-12,18H,10,13-17H2,1-4H3,(H2,33,34,39). The number of hydrogen-bond acceptors (Lipinski definition) is 5. The molecule has 1 aliphatic rings. The van der Waals surface area contributed by atoms with Crippen LogP contribution in [-0.2, 0) is 16.6 Å². The number of piperazine rings is 1. The number of carbonyl (C=O) groups excluding carboxylic acids is 3. The molecule has 218 valence electrons. The summed E-state index contributed by atoms with van der Waals surface area (Å²) in [6, 6.07) is 14.0. The number of urea groups is 1. The van der Waals surface area contributed by atoms with Gasteiger partial charge >= 0.3 is 6.03 Å². The van der Waals surface area contributed by atoms with Crippen LogP contribution in [0.25, 0.3) is 0 Å². The molecule has 4 rings (SSSR count). The summed E-state index contributed by atoms with van der Waals surface area (Å²) in [5, 5.41) is 6.55. The average Bonchev–Trinajstić information content (AvgIpc) is 3.38. The second kappa shape index (κ2) is 13.1. The normalized spacial score (nSPS) is 13.6. The number of amides is 4. The molecular weight excluding hydrogens is 583 g/mol. The molecule has 2 N–H and O–H groups in total. The molecule has 2 aromatic carbocycles. The fraction of sp³-hybridized carbons (Fsp3) is 0.367. The predicted molar refractivity (Wildman–Crippen MR) is 166 cm³/mol. The van der Waals surface area contributed by atoms with Gasteiger partial charge in [-0.05, 0) is 47.7 Å². The molecule has 1 fully saturated rings. The summed E-state index contributed by atoms with van der Waals surface area (Å²) in [4.78, 5) is 43.9. The number of aryl methyl sites for hydroxylation is 1. The molecule has 3 aromatic rings. The van der Waals surface area contributed by atoms with Gasteiger partial charge in [-0.25, -0.2) is 4.79 Å². The molecule has 11 heteroatoms. The van der Waals surface area contributed by atoms with Crippen LogP contribution in [0.2, 0.25) is 10.0 Å². The molecule has 8 nitrogen and oxygen atoms in total. The molecule has 2 heterocycles. The van der Waals surface area contributed by atoms with E-state index in [-0.39, 0.29) is 22.3 Å². The topological polar surface area (TPSA) is 91.0 Å². The van der Waals surface area contributed by atoms with Crippen LogP contribution < -0.4 is 15.4 Å². The molecule has 4 amide bonds. The molecule has 1 aromatic heterocycles. The van der Waals surface area contributed by atoms with Crippen LogP contribution in [0, 0.1) is 0 Å². The SMILES string of the molecule is COc1ccc(CCC(=O)N2CCN(C(=O)c3cc(C(C)(C)C)sc3NC(=O)Nc3cccc(Cl)c3Cl)CC2)cc1. The molecule has 0 unspecified atom stereocenters. The maximum absolute atomic E-state index is 13.6. The van der Waals surface area contributed by atoms with E-state index >= 15 is 0 Å². The number of halogens is 2. The highest BCUT2D eigenvalue weighted by atomic mass is 35.5. The predicted octanol–water partition coefficient (Wildman–Crippen LogP) is 6.92. The van der Waals surface area contributed by atoms with Gasteiger partial charge in [0.25, 0.3) is 5.91 Å². The van der Waals surface area contributed by atoms with Crippen molar-refractivity contribution < 1.29 is 19.1 Å². The van der Waals surface area contributed by atoms with Crippen LogP contribution in [0.1, 0.15) is 48.0 Å². The minimum absolute atomic E-state index is 0.0668. The summed E-state index contributed by atoms with van der Waals surface area (Å²) < 4.78 is 5.19. The third-order valence-corrected chi connectivity index (χ3v) is 9.13. The van der Waals surface area contributed by atoms with Crippen molar-refractivity contribution in [3.05, 3.63) is 74.6 Å². The molecule has 1 saturated heterocycles. The van der Waals surface area contributed by atoms with E-state index in [0.29, 0.717) is 60.3 Å². The van der Waals surface area contributed by atoms with E-state index in [9.17, 15) is 14.4 Å². The van der Waals surface area contributed by atoms with E-state index in [0.717, 1.165) is 16.2 Å². The first kappa shape index (κ1) is 30.7. The highest BCUT2D eigenvalue weighted by Crippen LogP contribution is 2.37. The van der Waals surface area contributed by atoms with Gasteiger partial charge in [-0.3, -0.25) is 14.9 Å². The number of thiophene rings is 1. The van der Waals surface area contributed by atoms with Crippen molar-refractivity contribution in [1.82, 2.24) is 9.80 Å². The molecule has 41 heavy (non-hydrogen) atoms. The van der Waals surface area contributed by atoms with Crippen molar-refractivity contribution in [1.29, 1.82) is 0 Å². The molecule has 0 aliphatic carbocycles. The number of hydrogen-bond donors (Lipinski definition) is 2. The van der Waals surface area contributed by atoms with Crippen molar-refractivity contribution in [2.75, 3.05) is 43.9 Å². The largest absolute Gasteiger partial charge is 0.497 e. The zero-order valence-electron chi connectivity index (χ0n) is 23.6. The Morgan fingerprint density at radius 2 is 1.61 bits per heavy atom. The van der Waals surface area contributed by atoms with Crippen LogP contribution >= 0.6 is 34.5 Å². The van der Waals surface area contributed by atoms with Crippen LogP contribution in [0.5, 0.6) is 5.75 Å². The Kier molecular flexibility index (Phi) is 9.84. The van der Waals surface area contributed by atoms with Crippen molar-refractivity contribution in [2.24, 2.45) is 0 Å². The summed E-state index contributed by atoms with van der Waals surface area (Å²) in [6.07, 6.45) is 1.05. The second-order valence-corrected chi connectivity index (χ2v) is 12.6. The summed E-state index contributed by atoms with van der Waals surface area (Å²) in [5.74, 6) is 0.668. The van der Waals surface area contributed by atoms with E-state index < -0.39 is 6.03 Å². The van der Waals surface area contributed by atoms with Crippen LogP contribution in [0.15, 0.2) is 48.5 Å². The third kappa shape index (κ3) is 7.72. The Bertz CT molecular complexity index is 1410. The molecular formula is C30H34Cl2N4O4S. The monoisotopic (exact) mass is 616 g/mol. The average molecular weight is 618 g/mol. The fourth-order valence-corrected chi connectivity index (χ4v) is 5.85. The van der Waals surface area contributed by atoms with Gasteiger partial charge in [0.05, 0.1) is 28.4 Å². The van der Waals surface area contributed by atoms with Gasteiger partial charge in [0, 0.05) is 37.5 Å². The van der Waals surface area contributed by atoms with Crippen molar-refractivity contribution in [2.45, 2.75) is 39.0 Å². The lowest BCUT2D eigenvalue weighted by molar-refractivity contribution is -0.132. The number of anilines is 2. The smallest absolute Gasteiger partial charge is 0.324 e. The van der Waals surface area contributed by atoms with Gasteiger partial charge in [-0.2, -0.15) is 0 Å². The first-order valence-corrected chi connectivity index (χ1v) is 14.9. The number of rotatable bonds is 7. The molecule has 0 radical (unpaired) electrons. The first-order chi connectivity index (χ1) is 19.5.